The zero-order valence-electron chi connectivity index (χ0n) is 13.6. The number of hydrogen-bond acceptors (Lipinski definition) is 3. The predicted molar refractivity (Wildman–Crippen MR) is 86.2 cm³/mol. The van der Waals surface area contributed by atoms with Crippen LogP contribution in [-0.4, -0.2) is 45.8 Å². The van der Waals surface area contributed by atoms with Crippen molar-refractivity contribution in [2.24, 2.45) is 0 Å². The number of carbonyl (C=O) groups is 1. The monoisotopic (exact) mass is 316 g/mol. The minimum Gasteiger partial charge on any atom is -0.333 e. The van der Waals surface area contributed by atoms with E-state index in [9.17, 15) is 9.18 Å². The van der Waals surface area contributed by atoms with E-state index in [-0.39, 0.29) is 23.8 Å². The molecule has 3 rings (SSSR count). The van der Waals surface area contributed by atoms with Crippen LogP contribution in [0, 0.1) is 12.7 Å². The van der Waals surface area contributed by atoms with Gasteiger partial charge in [-0.3, -0.25) is 4.79 Å². The van der Waals surface area contributed by atoms with Crippen LogP contribution < -0.4 is 5.32 Å². The fourth-order valence-corrected chi connectivity index (χ4v) is 2.96. The van der Waals surface area contributed by atoms with Gasteiger partial charge in [0.05, 0.1) is 23.1 Å². The van der Waals surface area contributed by atoms with Crippen molar-refractivity contribution in [1.29, 1.82) is 0 Å². The molecule has 1 aromatic heterocycles. The second-order valence-electron chi connectivity index (χ2n) is 6.01. The highest BCUT2D eigenvalue weighted by atomic mass is 19.1. The number of carbonyl (C=O) groups excluding carboxylic acids is 1. The molecule has 0 radical (unpaired) electrons. The SMILES string of the molecule is Cc1c(C(=O)N2CCNC(C)C2C)cnn1-c1ccc(F)cc1. The third-order valence-electron chi connectivity index (χ3n) is 4.61. The summed E-state index contributed by atoms with van der Waals surface area (Å²) in [7, 11) is 0. The molecule has 6 heteroatoms. The van der Waals surface area contributed by atoms with Gasteiger partial charge in [0, 0.05) is 25.2 Å². The molecule has 1 aliphatic heterocycles. The fourth-order valence-electron chi connectivity index (χ4n) is 2.96. The summed E-state index contributed by atoms with van der Waals surface area (Å²) in [4.78, 5) is 14.7. The molecule has 0 aliphatic carbocycles. The number of rotatable bonds is 2. The molecule has 1 aliphatic rings. The Labute approximate surface area is 135 Å². The van der Waals surface area contributed by atoms with Gasteiger partial charge in [0.25, 0.3) is 5.91 Å². The Kier molecular flexibility index (Phi) is 4.17. The molecule has 1 N–H and O–H groups in total. The summed E-state index contributed by atoms with van der Waals surface area (Å²) in [5, 5.41) is 7.68. The quantitative estimate of drug-likeness (QED) is 0.923. The third-order valence-corrected chi connectivity index (χ3v) is 4.61. The molecule has 122 valence electrons. The van der Waals surface area contributed by atoms with Gasteiger partial charge in [-0.2, -0.15) is 5.10 Å². The Bertz CT molecular complexity index is 710. The van der Waals surface area contributed by atoms with Gasteiger partial charge in [-0.1, -0.05) is 0 Å². The van der Waals surface area contributed by atoms with Gasteiger partial charge in [-0.15, -0.1) is 0 Å². The molecule has 23 heavy (non-hydrogen) atoms. The zero-order valence-corrected chi connectivity index (χ0v) is 13.6. The first-order valence-electron chi connectivity index (χ1n) is 7.84. The van der Waals surface area contributed by atoms with E-state index in [0.717, 1.165) is 17.9 Å². The first-order valence-corrected chi connectivity index (χ1v) is 7.84. The first-order chi connectivity index (χ1) is 11.0. The Morgan fingerprint density at radius 2 is 2.00 bits per heavy atom. The highest BCUT2D eigenvalue weighted by Gasteiger charge is 2.30. The molecule has 2 aromatic rings. The lowest BCUT2D eigenvalue weighted by Crippen LogP contribution is -2.57. The number of nitrogens with zero attached hydrogens (tertiary/aromatic N) is 3. The predicted octanol–water partition coefficient (Wildman–Crippen LogP) is 2.14. The molecule has 0 spiro atoms. The van der Waals surface area contributed by atoms with Crippen LogP contribution in [-0.2, 0) is 0 Å². The lowest BCUT2D eigenvalue weighted by Gasteiger charge is -2.38. The number of hydrogen-bond donors (Lipinski definition) is 1. The second-order valence-corrected chi connectivity index (χ2v) is 6.01. The van der Waals surface area contributed by atoms with Gasteiger partial charge in [-0.25, -0.2) is 9.07 Å². The van der Waals surface area contributed by atoms with E-state index >= 15 is 0 Å². The van der Waals surface area contributed by atoms with Crippen LogP contribution in [0.1, 0.15) is 29.9 Å². The average Bonchev–Trinajstić information content (AvgIpc) is 2.92. The lowest BCUT2D eigenvalue weighted by atomic mass is 10.1. The van der Waals surface area contributed by atoms with E-state index in [1.807, 2.05) is 11.8 Å². The van der Waals surface area contributed by atoms with Crippen molar-refractivity contribution in [3.05, 3.63) is 47.5 Å². The number of piperazine rings is 1. The van der Waals surface area contributed by atoms with E-state index in [2.05, 4.69) is 24.3 Å². The summed E-state index contributed by atoms with van der Waals surface area (Å²) in [6.45, 7) is 7.47. The molecule has 2 atom stereocenters. The van der Waals surface area contributed by atoms with Gasteiger partial charge < -0.3 is 10.2 Å². The maximum Gasteiger partial charge on any atom is 0.257 e. The maximum atomic E-state index is 13.1. The van der Waals surface area contributed by atoms with Crippen molar-refractivity contribution >= 4 is 5.91 Å². The number of aromatic nitrogens is 2. The third kappa shape index (κ3) is 2.86. The highest BCUT2D eigenvalue weighted by molar-refractivity contribution is 5.95. The van der Waals surface area contributed by atoms with Gasteiger partial charge in [0.1, 0.15) is 5.82 Å². The Balaban J connectivity index is 1.89. The van der Waals surface area contributed by atoms with E-state index in [4.69, 9.17) is 0 Å². The molecule has 0 bridgehead atoms. The van der Waals surface area contributed by atoms with E-state index in [0.29, 0.717) is 12.1 Å². The average molecular weight is 316 g/mol. The van der Waals surface area contributed by atoms with Crippen molar-refractivity contribution in [2.45, 2.75) is 32.9 Å². The largest absolute Gasteiger partial charge is 0.333 e. The van der Waals surface area contributed by atoms with Crippen molar-refractivity contribution in [3.8, 4) is 5.69 Å². The zero-order chi connectivity index (χ0) is 16.6. The van der Waals surface area contributed by atoms with Crippen LogP contribution >= 0.6 is 0 Å². The van der Waals surface area contributed by atoms with Crippen LogP contribution in [0.5, 0.6) is 0 Å². The van der Waals surface area contributed by atoms with E-state index in [1.165, 1.54) is 12.1 Å². The molecule has 5 nitrogen and oxygen atoms in total. The van der Waals surface area contributed by atoms with Crippen molar-refractivity contribution in [2.75, 3.05) is 13.1 Å². The summed E-state index contributed by atoms with van der Waals surface area (Å²) >= 11 is 0. The van der Waals surface area contributed by atoms with E-state index < -0.39 is 0 Å². The summed E-state index contributed by atoms with van der Waals surface area (Å²) in [6, 6.07) is 6.47. The van der Waals surface area contributed by atoms with Gasteiger partial charge >= 0.3 is 0 Å². The summed E-state index contributed by atoms with van der Waals surface area (Å²) in [5.41, 5.74) is 2.10. The topological polar surface area (TPSA) is 50.2 Å². The second kappa shape index (κ2) is 6.12. The first kappa shape index (κ1) is 15.7. The van der Waals surface area contributed by atoms with Crippen LogP contribution in [0.2, 0.25) is 0 Å². The minimum atomic E-state index is -0.293. The van der Waals surface area contributed by atoms with Crippen LogP contribution in [0.15, 0.2) is 30.5 Å². The minimum absolute atomic E-state index is 0.00304. The van der Waals surface area contributed by atoms with Gasteiger partial charge in [0.15, 0.2) is 0 Å². The normalized spacial score (nSPS) is 21.5. The van der Waals surface area contributed by atoms with Crippen molar-refractivity contribution < 1.29 is 9.18 Å². The number of amides is 1. The molecular formula is C17H21FN4O. The van der Waals surface area contributed by atoms with Crippen molar-refractivity contribution in [3.63, 3.8) is 0 Å². The number of benzene rings is 1. The molecule has 1 amide bonds. The Hall–Kier alpha value is -2.21. The van der Waals surface area contributed by atoms with Crippen LogP contribution in [0.3, 0.4) is 0 Å². The summed E-state index contributed by atoms with van der Waals surface area (Å²) < 4.78 is 14.7. The number of halogens is 1. The maximum absolute atomic E-state index is 13.1. The smallest absolute Gasteiger partial charge is 0.257 e. The van der Waals surface area contributed by atoms with Crippen molar-refractivity contribution in [1.82, 2.24) is 20.0 Å². The van der Waals surface area contributed by atoms with Gasteiger partial charge in [-0.05, 0) is 45.0 Å². The molecule has 1 saturated heterocycles. The molecule has 2 unspecified atom stereocenters. The van der Waals surface area contributed by atoms with E-state index in [1.54, 1.807) is 23.0 Å². The van der Waals surface area contributed by atoms with Gasteiger partial charge in [0.2, 0.25) is 0 Å². The standard InChI is InChI=1S/C17H21FN4O/c1-11-12(2)21(9-8-19-11)17(23)16-10-20-22(13(16)3)15-6-4-14(18)5-7-15/h4-7,10-12,19H,8-9H2,1-3H3. The molecule has 1 aromatic carbocycles. The lowest BCUT2D eigenvalue weighted by molar-refractivity contribution is 0.0602. The molecule has 0 saturated carbocycles. The molecular weight excluding hydrogens is 295 g/mol. The Morgan fingerprint density at radius 1 is 1.30 bits per heavy atom. The fraction of sp³-hybridized carbons (Fsp3) is 0.412. The molecule has 2 heterocycles. The highest BCUT2D eigenvalue weighted by Crippen LogP contribution is 2.19. The van der Waals surface area contributed by atoms with Crippen LogP contribution in [0.25, 0.3) is 5.69 Å². The Morgan fingerprint density at radius 3 is 2.70 bits per heavy atom. The summed E-state index contributed by atoms with van der Waals surface area (Å²) in [6.07, 6.45) is 1.60. The molecule has 1 fully saturated rings. The summed E-state index contributed by atoms with van der Waals surface area (Å²) in [5.74, 6) is -0.296. The number of nitrogens with one attached hydrogen (secondary N) is 1. The van der Waals surface area contributed by atoms with Crippen LogP contribution in [0.4, 0.5) is 4.39 Å².